The number of unbranched alkanes of at least 4 members (excludes halogenated alkanes) is 1. The molecule has 0 fully saturated rings. The number of nitrogens with zero attached hydrogens (tertiary/aromatic N) is 1. The predicted molar refractivity (Wildman–Crippen MR) is 52.0 cm³/mol. The minimum atomic E-state index is 0.500. The first kappa shape index (κ1) is 9.33. The molecule has 0 bridgehead atoms. The summed E-state index contributed by atoms with van der Waals surface area (Å²) in [5.74, 6) is 0. The molecule has 2 N–H and O–H groups in total. The number of rotatable bonds is 5. The first-order chi connectivity index (χ1) is 5.88. The smallest absolute Gasteiger partial charge is 0.0453 e. The topological polar surface area (TPSA) is 30.9 Å². The van der Waals surface area contributed by atoms with Gasteiger partial charge in [0, 0.05) is 25.0 Å². The van der Waals surface area contributed by atoms with Crippen molar-refractivity contribution in [2.24, 2.45) is 5.73 Å². The largest absolute Gasteiger partial charge is 0.350 e. The summed E-state index contributed by atoms with van der Waals surface area (Å²) in [6.45, 7) is 2.96. The lowest BCUT2D eigenvalue weighted by Gasteiger charge is -2.15. The van der Waals surface area contributed by atoms with E-state index in [9.17, 15) is 0 Å². The molecule has 0 aromatic carbocycles. The maximum Gasteiger partial charge on any atom is 0.0453 e. The van der Waals surface area contributed by atoms with E-state index in [2.05, 4.69) is 36.0 Å². The van der Waals surface area contributed by atoms with Gasteiger partial charge in [0.15, 0.2) is 0 Å². The highest BCUT2D eigenvalue weighted by Crippen LogP contribution is 2.13. The average molecular weight is 166 g/mol. The number of hydrogen-bond donors (Lipinski definition) is 1. The fraction of sp³-hybridized carbons (Fsp3) is 0.600. The Morgan fingerprint density at radius 3 is 2.50 bits per heavy atom. The standard InChI is InChI=1S/C10H18N2/c1-2-3-6-10(9-11)12-7-4-5-8-12/h4-5,7-8,10H,2-3,6,9,11H2,1H3. The monoisotopic (exact) mass is 166 g/mol. The Balaban J connectivity index is 2.45. The van der Waals surface area contributed by atoms with Gasteiger partial charge < -0.3 is 10.3 Å². The maximum atomic E-state index is 5.68. The molecule has 1 rings (SSSR count). The lowest BCUT2D eigenvalue weighted by atomic mass is 10.1. The van der Waals surface area contributed by atoms with Crippen LogP contribution in [0.15, 0.2) is 24.5 Å². The van der Waals surface area contributed by atoms with Crippen LogP contribution in [0.4, 0.5) is 0 Å². The molecule has 1 aromatic rings. The van der Waals surface area contributed by atoms with Gasteiger partial charge in [0.1, 0.15) is 0 Å². The summed E-state index contributed by atoms with van der Waals surface area (Å²) in [5, 5.41) is 0. The molecule has 12 heavy (non-hydrogen) atoms. The zero-order valence-corrected chi connectivity index (χ0v) is 7.74. The third-order valence-electron chi connectivity index (χ3n) is 2.21. The second-order valence-corrected chi connectivity index (χ2v) is 3.16. The molecule has 68 valence electrons. The van der Waals surface area contributed by atoms with Crippen LogP contribution in [-0.4, -0.2) is 11.1 Å². The number of nitrogens with two attached hydrogens (primary N) is 1. The molecule has 0 amide bonds. The highest BCUT2D eigenvalue weighted by atomic mass is 15.0. The van der Waals surface area contributed by atoms with E-state index in [1.54, 1.807) is 0 Å². The third kappa shape index (κ3) is 2.38. The summed E-state index contributed by atoms with van der Waals surface area (Å²) in [4.78, 5) is 0. The average Bonchev–Trinajstić information content (AvgIpc) is 2.59. The highest BCUT2D eigenvalue weighted by Gasteiger charge is 2.05. The van der Waals surface area contributed by atoms with Gasteiger partial charge in [-0.15, -0.1) is 0 Å². The van der Waals surface area contributed by atoms with Crippen molar-refractivity contribution >= 4 is 0 Å². The van der Waals surface area contributed by atoms with Gasteiger partial charge in [-0.3, -0.25) is 0 Å². The van der Waals surface area contributed by atoms with Crippen LogP contribution in [0.3, 0.4) is 0 Å². The zero-order valence-electron chi connectivity index (χ0n) is 7.74. The molecule has 1 unspecified atom stereocenters. The minimum Gasteiger partial charge on any atom is -0.350 e. The van der Waals surface area contributed by atoms with Crippen LogP contribution in [0, 0.1) is 0 Å². The van der Waals surface area contributed by atoms with Gasteiger partial charge in [0.05, 0.1) is 0 Å². The van der Waals surface area contributed by atoms with Gasteiger partial charge in [-0.1, -0.05) is 19.8 Å². The molecule has 0 radical (unpaired) electrons. The number of hydrogen-bond acceptors (Lipinski definition) is 1. The van der Waals surface area contributed by atoms with Gasteiger partial charge in [-0.25, -0.2) is 0 Å². The molecule has 1 aromatic heterocycles. The van der Waals surface area contributed by atoms with Crippen molar-refractivity contribution in [3.8, 4) is 0 Å². The SMILES string of the molecule is CCCCC(CN)n1cccc1. The van der Waals surface area contributed by atoms with Crippen LogP contribution in [0.5, 0.6) is 0 Å². The van der Waals surface area contributed by atoms with Crippen LogP contribution in [0.2, 0.25) is 0 Å². The van der Waals surface area contributed by atoms with Crippen LogP contribution in [0.1, 0.15) is 32.2 Å². The normalized spacial score (nSPS) is 13.2. The minimum absolute atomic E-state index is 0.500. The lowest BCUT2D eigenvalue weighted by Crippen LogP contribution is -2.17. The predicted octanol–water partition coefficient (Wildman–Crippen LogP) is 2.18. The van der Waals surface area contributed by atoms with E-state index in [-0.39, 0.29) is 0 Å². The van der Waals surface area contributed by atoms with Crippen molar-refractivity contribution < 1.29 is 0 Å². The molecule has 0 spiro atoms. The van der Waals surface area contributed by atoms with Crippen molar-refractivity contribution in [2.45, 2.75) is 32.2 Å². The Morgan fingerprint density at radius 2 is 2.00 bits per heavy atom. The number of aromatic nitrogens is 1. The molecular formula is C10H18N2. The molecule has 0 aliphatic rings. The first-order valence-corrected chi connectivity index (χ1v) is 4.71. The Bertz CT molecular complexity index is 192. The second kappa shape index (κ2) is 4.99. The van der Waals surface area contributed by atoms with Gasteiger partial charge in [-0.2, -0.15) is 0 Å². The van der Waals surface area contributed by atoms with Gasteiger partial charge in [0.25, 0.3) is 0 Å². The Hall–Kier alpha value is -0.760. The molecule has 2 heteroatoms. The Labute approximate surface area is 74.4 Å². The van der Waals surface area contributed by atoms with Gasteiger partial charge in [0.2, 0.25) is 0 Å². The van der Waals surface area contributed by atoms with Gasteiger partial charge >= 0.3 is 0 Å². The molecule has 0 aliphatic heterocycles. The maximum absolute atomic E-state index is 5.68. The summed E-state index contributed by atoms with van der Waals surface area (Å²) >= 11 is 0. The van der Waals surface area contributed by atoms with E-state index in [0.29, 0.717) is 6.04 Å². The van der Waals surface area contributed by atoms with Crippen LogP contribution in [0.25, 0.3) is 0 Å². The van der Waals surface area contributed by atoms with E-state index >= 15 is 0 Å². The summed E-state index contributed by atoms with van der Waals surface area (Å²) in [6, 6.07) is 4.60. The fourth-order valence-corrected chi connectivity index (χ4v) is 1.42. The van der Waals surface area contributed by atoms with Crippen molar-refractivity contribution in [1.82, 2.24) is 4.57 Å². The summed E-state index contributed by atoms with van der Waals surface area (Å²) < 4.78 is 2.20. The molecule has 2 nitrogen and oxygen atoms in total. The second-order valence-electron chi connectivity index (χ2n) is 3.16. The van der Waals surface area contributed by atoms with Gasteiger partial charge in [-0.05, 0) is 18.6 Å². The van der Waals surface area contributed by atoms with E-state index < -0.39 is 0 Å². The van der Waals surface area contributed by atoms with Crippen molar-refractivity contribution in [2.75, 3.05) is 6.54 Å². The fourth-order valence-electron chi connectivity index (χ4n) is 1.42. The molecule has 0 aliphatic carbocycles. The molecule has 0 saturated carbocycles. The molecule has 0 saturated heterocycles. The van der Waals surface area contributed by atoms with E-state index in [4.69, 9.17) is 5.73 Å². The van der Waals surface area contributed by atoms with Crippen LogP contribution in [-0.2, 0) is 0 Å². The first-order valence-electron chi connectivity index (χ1n) is 4.71. The Morgan fingerprint density at radius 1 is 1.33 bits per heavy atom. The molecular weight excluding hydrogens is 148 g/mol. The Kier molecular flexibility index (Phi) is 3.88. The molecule has 1 heterocycles. The van der Waals surface area contributed by atoms with Crippen molar-refractivity contribution in [3.63, 3.8) is 0 Å². The summed E-state index contributed by atoms with van der Waals surface area (Å²) in [7, 11) is 0. The zero-order chi connectivity index (χ0) is 8.81. The summed E-state index contributed by atoms with van der Waals surface area (Å²) in [6.07, 6.45) is 7.89. The third-order valence-corrected chi connectivity index (χ3v) is 2.21. The highest BCUT2D eigenvalue weighted by molar-refractivity contribution is 4.93. The van der Waals surface area contributed by atoms with Crippen LogP contribution >= 0.6 is 0 Å². The van der Waals surface area contributed by atoms with Crippen molar-refractivity contribution in [1.29, 1.82) is 0 Å². The quantitative estimate of drug-likeness (QED) is 0.714. The molecule has 1 atom stereocenters. The van der Waals surface area contributed by atoms with E-state index in [1.165, 1.54) is 19.3 Å². The van der Waals surface area contributed by atoms with E-state index in [0.717, 1.165) is 6.54 Å². The van der Waals surface area contributed by atoms with E-state index in [1.807, 2.05) is 0 Å². The van der Waals surface area contributed by atoms with Crippen LogP contribution < -0.4 is 5.73 Å². The van der Waals surface area contributed by atoms with Crippen molar-refractivity contribution in [3.05, 3.63) is 24.5 Å². The lowest BCUT2D eigenvalue weighted by molar-refractivity contribution is 0.459. The summed E-state index contributed by atoms with van der Waals surface area (Å²) in [5.41, 5.74) is 5.68.